The van der Waals surface area contributed by atoms with Crippen LogP contribution in [-0.2, 0) is 33.4 Å². The molecule has 0 aliphatic rings. The molecule has 0 saturated carbocycles. The minimum absolute atomic E-state index is 0.0801. The van der Waals surface area contributed by atoms with Gasteiger partial charge in [-0.05, 0) is 12.1 Å². The fourth-order valence-corrected chi connectivity index (χ4v) is 2.70. The second-order valence-electron chi connectivity index (χ2n) is 6.08. The van der Waals surface area contributed by atoms with Crippen LogP contribution in [0.25, 0.3) is 0 Å². The van der Waals surface area contributed by atoms with Gasteiger partial charge in [0.1, 0.15) is 6.04 Å². The Morgan fingerprint density at radius 3 is 1.86 bits per heavy atom. The van der Waals surface area contributed by atoms with Crippen LogP contribution in [-0.4, -0.2) is 57.1 Å². The van der Waals surface area contributed by atoms with Crippen molar-refractivity contribution >= 4 is 35.4 Å². The first-order chi connectivity index (χ1) is 13.7. The summed E-state index contributed by atoms with van der Waals surface area (Å²) in [6.07, 6.45) is 0. The molecule has 0 radical (unpaired) electrons. The van der Waals surface area contributed by atoms with E-state index in [1.54, 1.807) is 12.1 Å². The van der Waals surface area contributed by atoms with E-state index in [2.05, 4.69) is 20.1 Å². The van der Waals surface area contributed by atoms with E-state index >= 15 is 0 Å². The average molecular weight is 408 g/mol. The fourth-order valence-electron chi connectivity index (χ4n) is 2.70. The highest BCUT2D eigenvalue weighted by Gasteiger charge is 2.42. The van der Waals surface area contributed by atoms with Crippen molar-refractivity contribution in [3.8, 4) is 0 Å². The number of carbonyl (C=O) groups excluding carboxylic acids is 5. The van der Waals surface area contributed by atoms with Crippen LogP contribution in [0, 0.1) is 11.8 Å². The summed E-state index contributed by atoms with van der Waals surface area (Å²) in [7, 11) is 3.27. The summed E-state index contributed by atoms with van der Waals surface area (Å²) in [5.74, 6) is -6.36. The second-order valence-corrected chi connectivity index (χ2v) is 6.08. The number of rotatable bonds is 8. The van der Waals surface area contributed by atoms with E-state index in [9.17, 15) is 24.0 Å². The number of para-hydroxylation sites is 1. The average Bonchev–Trinajstić information content (AvgIpc) is 2.70. The van der Waals surface area contributed by atoms with Crippen molar-refractivity contribution in [2.45, 2.75) is 19.9 Å². The minimum atomic E-state index is -1.47. The Kier molecular flexibility index (Phi) is 8.78. The molecule has 0 unspecified atom stereocenters. The first-order valence-corrected chi connectivity index (χ1v) is 8.58. The zero-order valence-corrected chi connectivity index (χ0v) is 16.8. The molecule has 1 rings (SSSR count). The van der Waals surface area contributed by atoms with Crippen LogP contribution in [0.5, 0.6) is 0 Å². The molecule has 29 heavy (non-hydrogen) atoms. The van der Waals surface area contributed by atoms with Gasteiger partial charge < -0.3 is 24.8 Å². The molecular formula is C19H24N2O8. The van der Waals surface area contributed by atoms with Crippen LogP contribution in [0.15, 0.2) is 24.3 Å². The molecule has 0 bridgehead atoms. The first-order valence-electron chi connectivity index (χ1n) is 8.58. The van der Waals surface area contributed by atoms with Gasteiger partial charge in [0.15, 0.2) is 5.92 Å². The summed E-state index contributed by atoms with van der Waals surface area (Å²) in [6, 6.07) is 4.77. The van der Waals surface area contributed by atoms with Gasteiger partial charge in [0.2, 0.25) is 5.91 Å². The van der Waals surface area contributed by atoms with E-state index in [0.717, 1.165) is 21.3 Å². The molecule has 0 saturated heterocycles. The Bertz CT molecular complexity index is 776. The lowest BCUT2D eigenvalue weighted by Gasteiger charge is -2.27. The van der Waals surface area contributed by atoms with Gasteiger partial charge in [-0.15, -0.1) is 0 Å². The quantitative estimate of drug-likeness (QED) is 0.361. The predicted octanol–water partition coefficient (Wildman–Crippen LogP) is 0.515. The van der Waals surface area contributed by atoms with Crippen molar-refractivity contribution in [2.24, 2.45) is 11.8 Å². The van der Waals surface area contributed by atoms with Gasteiger partial charge in [0, 0.05) is 12.8 Å². The lowest BCUT2D eigenvalue weighted by Crippen LogP contribution is -2.51. The number of methoxy groups -OCH3 is 3. The van der Waals surface area contributed by atoms with Crippen LogP contribution in [0.2, 0.25) is 0 Å². The summed E-state index contributed by atoms with van der Waals surface area (Å²) in [4.78, 5) is 60.6. The summed E-state index contributed by atoms with van der Waals surface area (Å²) >= 11 is 0. The van der Waals surface area contributed by atoms with E-state index in [1.165, 1.54) is 26.0 Å². The number of esters is 3. The first kappa shape index (κ1) is 23.6. The molecule has 0 aromatic heterocycles. The number of anilines is 1. The Hall–Kier alpha value is -3.43. The number of nitrogens with one attached hydrogen (secondary N) is 2. The molecule has 2 amide bonds. The van der Waals surface area contributed by atoms with Crippen LogP contribution >= 0.6 is 0 Å². The summed E-state index contributed by atoms with van der Waals surface area (Å²) in [6.45, 7) is 2.69. The number of carbonyl (C=O) groups is 5. The lowest BCUT2D eigenvalue weighted by molar-refractivity contribution is -0.163. The van der Waals surface area contributed by atoms with E-state index < -0.39 is 41.7 Å². The number of benzene rings is 1. The molecule has 0 fully saturated rings. The molecule has 0 aliphatic heterocycles. The van der Waals surface area contributed by atoms with Crippen LogP contribution in [0.3, 0.4) is 0 Å². The molecule has 2 atom stereocenters. The highest BCUT2D eigenvalue weighted by Crippen LogP contribution is 2.22. The molecule has 1 aromatic carbocycles. The topological polar surface area (TPSA) is 137 Å². The highest BCUT2D eigenvalue weighted by atomic mass is 16.5. The Morgan fingerprint density at radius 2 is 1.38 bits per heavy atom. The largest absolute Gasteiger partial charge is 0.468 e. The van der Waals surface area contributed by atoms with E-state index in [1.807, 2.05) is 0 Å². The van der Waals surface area contributed by atoms with E-state index in [0.29, 0.717) is 0 Å². The monoisotopic (exact) mass is 408 g/mol. The van der Waals surface area contributed by atoms with Gasteiger partial charge in [-0.1, -0.05) is 19.1 Å². The maximum atomic E-state index is 12.8. The van der Waals surface area contributed by atoms with Gasteiger partial charge in [-0.3, -0.25) is 19.2 Å². The number of hydrogen-bond donors (Lipinski definition) is 2. The van der Waals surface area contributed by atoms with Crippen LogP contribution < -0.4 is 10.6 Å². The molecule has 2 N–H and O–H groups in total. The summed E-state index contributed by atoms with van der Waals surface area (Å²) < 4.78 is 14.0. The van der Waals surface area contributed by atoms with E-state index in [4.69, 9.17) is 4.74 Å². The summed E-state index contributed by atoms with van der Waals surface area (Å²) in [5.41, 5.74) is 0.308. The normalized spacial score (nSPS) is 12.3. The second kappa shape index (κ2) is 10.8. The highest BCUT2D eigenvalue weighted by molar-refractivity contribution is 6.05. The third kappa shape index (κ3) is 6.03. The Morgan fingerprint density at radius 1 is 0.862 bits per heavy atom. The molecule has 0 spiro atoms. The standard InChI is InChI=1S/C19H24N2O8/c1-10(14(17(24)27-3)18(25)28-4)15(19(26)29-5)21-16(23)12-8-6-7-9-13(12)20-11(2)22/h6-10,14-15H,1-5H3,(H,20,22)(H,21,23)/t10-,15-/m1/s1. The third-order valence-electron chi connectivity index (χ3n) is 4.19. The minimum Gasteiger partial charge on any atom is -0.468 e. The maximum absolute atomic E-state index is 12.8. The molecule has 10 heteroatoms. The Labute approximate surface area is 167 Å². The predicted molar refractivity (Wildman–Crippen MR) is 101 cm³/mol. The molecule has 10 nitrogen and oxygen atoms in total. The van der Waals surface area contributed by atoms with E-state index in [-0.39, 0.29) is 17.2 Å². The van der Waals surface area contributed by atoms with Crippen molar-refractivity contribution in [3.63, 3.8) is 0 Å². The molecule has 158 valence electrons. The van der Waals surface area contributed by atoms with Gasteiger partial charge in [-0.25, -0.2) is 4.79 Å². The van der Waals surface area contributed by atoms with Gasteiger partial charge >= 0.3 is 17.9 Å². The van der Waals surface area contributed by atoms with Crippen molar-refractivity contribution < 1.29 is 38.2 Å². The lowest BCUT2D eigenvalue weighted by atomic mass is 9.87. The zero-order valence-electron chi connectivity index (χ0n) is 16.8. The fraction of sp³-hybridized carbons (Fsp3) is 0.421. The van der Waals surface area contributed by atoms with Crippen LogP contribution in [0.4, 0.5) is 5.69 Å². The Balaban J connectivity index is 3.25. The third-order valence-corrected chi connectivity index (χ3v) is 4.19. The van der Waals surface area contributed by atoms with Gasteiger partial charge in [0.25, 0.3) is 5.91 Å². The van der Waals surface area contributed by atoms with Crippen molar-refractivity contribution in [1.82, 2.24) is 5.32 Å². The summed E-state index contributed by atoms with van der Waals surface area (Å²) in [5, 5.41) is 4.97. The van der Waals surface area contributed by atoms with Crippen molar-refractivity contribution in [1.29, 1.82) is 0 Å². The van der Waals surface area contributed by atoms with Gasteiger partial charge in [-0.2, -0.15) is 0 Å². The molecular weight excluding hydrogens is 384 g/mol. The maximum Gasteiger partial charge on any atom is 0.328 e. The van der Waals surface area contributed by atoms with Crippen LogP contribution in [0.1, 0.15) is 24.2 Å². The zero-order chi connectivity index (χ0) is 22.1. The smallest absolute Gasteiger partial charge is 0.328 e. The molecule has 0 heterocycles. The number of amides is 2. The molecule has 1 aromatic rings. The molecule has 0 aliphatic carbocycles. The van der Waals surface area contributed by atoms with Crippen molar-refractivity contribution in [3.05, 3.63) is 29.8 Å². The SMILES string of the molecule is COC(=O)C(C(=O)OC)[C@@H](C)[C@@H](NC(=O)c1ccccc1NC(C)=O)C(=O)OC. The number of ether oxygens (including phenoxy) is 3. The number of hydrogen-bond acceptors (Lipinski definition) is 8. The van der Waals surface area contributed by atoms with Gasteiger partial charge in [0.05, 0.1) is 32.6 Å². The van der Waals surface area contributed by atoms with Crippen molar-refractivity contribution in [2.75, 3.05) is 26.6 Å².